The highest BCUT2D eigenvalue weighted by atomic mass is 32.2. The van der Waals surface area contributed by atoms with Crippen LogP contribution in [0.5, 0.6) is 0 Å². The van der Waals surface area contributed by atoms with Crippen molar-refractivity contribution in [3.63, 3.8) is 0 Å². The number of fused-ring (bicyclic) bond motifs is 2. The zero-order valence-electron chi connectivity index (χ0n) is 16.1. The van der Waals surface area contributed by atoms with Crippen LogP contribution in [0.1, 0.15) is 0 Å². The summed E-state index contributed by atoms with van der Waals surface area (Å²) in [6.45, 7) is 0. The molecule has 1 amide bonds. The molecule has 0 fully saturated rings. The van der Waals surface area contributed by atoms with E-state index in [-0.39, 0.29) is 5.91 Å². The number of thioether (sulfide) groups is 2. The van der Waals surface area contributed by atoms with Crippen molar-refractivity contribution in [1.82, 2.24) is 25.0 Å². The summed E-state index contributed by atoms with van der Waals surface area (Å²) in [6.07, 6.45) is 1.72. The number of nitrogens with one attached hydrogen (secondary N) is 1. The van der Waals surface area contributed by atoms with Crippen LogP contribution in [0.25, 0.3) is 21.3 Å². The van der Waals surface area contributed by atoms with Gasteiger partial charge in [-0.05, 0) is 42.5 Å². The molecule has 0 atom stereocenters. The summed E-state index contributed by atoms with van der Waals surface area (Å²) in [4.78, 5) is 21.2. The summed E-state index contributed by atoms with van der Waals surface area (Å²) < 4.78 is 3.85. The maximum absolute atomic E-state index is 12.3. The van der Waals surface area contributed by atoms with Crippen LogP contribution < -0.4 is 5.32 Å². The van der Waals surface area contributed by atoms with Crippen molar-refractivity contribution in [2.24, 2.45) is 0 Å². The minimum Gasteiger partial charge on any atom is -0.325 e. The average molecular weight is 465 g/mol. The average Bonchev–Trinajstić information content (AvgIpc) is 3.40. The van der Waals surface area contributed by atoms with Gasteiger partial charge in [-0.25, -0.2) is 14.6 Å². The number of amides is 1. The number of benzene rings is 2. The highest BCUT2D eigenvalue weighted by Crippen LogP contribution is 2.32. The lowest BCUT2D eigenvalue weighted by Crippen LogP contribution is -2.13. The topological polar surface area (TPSA) is 85.6 Å². The number of carbonyl (C=O) groups is 1. The molecule has 31 heavy (non-hydrogen) atoms. The fourth-order valence-corrected chi connectivity index (χ4v) is 5.59. The van der Waals surface area contributed by atoms with Crippen LogP contribution in [0.3, 0.4) is 0 Å². The third-order valence-corrected chi connectivity index (χ3v) is 7.44. The van der Waals surface area contributed by atoms with E-state index in [9.17, 15) is 4.79 Å². The van der Waals surface area contributed by atoms with Gasteiger partial charge in [-0.1, -0.05) is 46.9 Å². The summed E-state index contributed by atoms with van der Waals surface area (Å²) in [5, 5.41) is 12.2. The van der Waals surface area contributed by atoms with Crippen molar-refractivity contribution in [2.45, 2.75) is 15.2 Å². The lowest BCUT2D eigenvalue weighted by atomic mass is 10.3. The largest absolute Gasteiger partial charge is 0.325 e. The number of thiazole rings is 1. The molecule has 154 valence electrons. The molecule has 0 aliphatic heterocycles. The number of hydrogen-bond donors (Lipinski definition) is 1. The number of nitrogens with zero attached hydrogens (tertiary/aromatic N) is 5. The number of aromatic nitrogens is 5. The minimum atomic E-state index is -0.0628. The molecule has 5 aromatic rings. The molecule has 3 heterocycles. The first-order valence-corrected chi connectivity index (χ1v) is 12.2. The van der Waals surface area contributed by atoms with Gasteiger partial charge < -0.3 is 5.32 Å². The van der Waals surface area contributed by atoms with Crippen LogP contribution in [0.2, 0.25) is 0 Å². The van der Waals surface area contributed by atoms with Crippen molar-refractivity contribution in [1.29, 1.82) is 0 Å². The maximum atomic E-state index is 12.3. The van der Waals surface area contributed by atoms with Crippen LogP contribution in [0, 0.1) is 0 Å². The van der Waals surface area contributed by atoms with E-state index in [0.717, 1.165) is 36.3 Å². The Labute approximate surface area is 190 Å². The van der Waals surface area contributed by atoms with Crippen molar-refractivity contribution in [2.75, 3.05) is 11.1 Å². The first-order chi connectivity index (χ1) is 15.2. The van der Waals surface area contributed by atoms with Gasteiger partial charge in [-0.15, -0.1) is 16.4 Å². The Morgan fingerprint density at radius 2 is 1.94 bits per heavy atom. The maximum Gasteiger partial charge on any atom is 0.234 e. The van der Waals surface area contributed by atoms with E-state index >= 15 is 0 Å². The molecular weight excluding hydrogens is 448 g/mol. The molecule has 5 rings (SSSR count). The van der Waals surface area contributed by atoms with Gasteiger partial charge in [0.25, 0.3) is 0 Å². The van der Waals surface area contributed by atoms with Gasteiger partial charge in [0.2, 0.25) is 5.91 Å². The van der Waals surface area contributed by atoms with Crippen molar-refractivity contribution < 1.29 is 4.79 Å². The van der Waals surface area contributed by atoms with E-state index in [1.807, 2.05) is 65.3 Å². The Morgan fingerprint density at radius 3 is 2.84 bits per heavy atom. The zero-order chi connectivity index (χ0) is 21.0. The summed E-state index contributed by atoms with van der Waals surface area (Å²) in [7, 11) is 0. The Kier molecular flexibility index (Phi) is 5.83. The molecule has 10 heteroatoms. The predicted molar refractivity (Wildman–Crippen MR) is 127 cm³/mol. The van der Waals surface area contributed by atoms with Gasteiger partial charge in [0.15, 0.2) is 4.34 Å². The van der Waals surface area contributed by atoms with Gasteiger partial charge >= 0.3 is 0 Å². The van der Waals surface area contributed by atoms with E-state index < -0.39 is 0 Å². The summed E-state index contributed by atoms with van der Waals surface area (Å²) in [6, 6.07) is 19.3. The molecule has 3 aromatic heterocycles. The number of pyridine rings is 1. The van der Waals surface area contributed by atoms with E-state index in [2.05, 4.69) is 25.6 Å². The van der Waals surface area contributed by atoms with Crippen LogP contribution in [-0.4, -0.2) is 36.6 Å². The number of para-hydroxylation sites is 1. The van der Waals surface area contributed by atoms with Gasteiger partial charge in [-0.2, -0.15) is 0 Å². The molecule has 2 aromatic carbocycles. The van der Waals surface area contributed by atoms with Gasteiger partial charge in [0.1, 0.15) is 5.52 Å². The molecule has 0 aliphatic rings. The molecule has 0 radical (unpaired) electrons. The van der Waals surface area contributed by atoms with E-state index in [1.165, 1.54) is 11.8 Å². The van der Waals surface area contributed by atoms with Gasteiger partial charge in [-0.3, -0.25) is 4.79 Å². The second kappa shape index (κ2) is 9.04. The van der Waals surface area contributed by atoms with Gasteiger partial charge in [0.05, 0.1) is 32.4 Å². The van der Waals surface area contributed by atoms with Crippen molar-refractivity contribution in [3.05, 3.63) is 66.9 Å². The van der Waals surface area contributed by atoms with Crippen LogP contribution in [0.15, 0.2) is 76.2 Å². The first kappa shape index (κ1) is 20.0. The van der Waals surface area contributed by atoms with E-state index in [1.54, 1.807) is 29.3 Å². The second-order valence-corrected chi connectivity index (χ2v) is 9.74. The highest BCUT2D eigenvalue weighted by molar-refractivity contribution is 8.00. The number of anilines is 1. The Bertz CT molecular complexity index is 1350. The summed E-state index contributed by atoms with van der Waals surface area (Å²) in [5.41, 5.74) is 3.57. The standard InChI is InChI=1S/C21H16N6OS3/c28-19(12-29-20-7-3-4-10-22-20)23-14-8-9-16-18(11-14)31-21(24-16)30-13-27-17-6-2-1-5-15(17)25-26-27/h1-11H,12-13H2,(H,23,28). The number of rotatable bonds is 7. The molecular formula is C21H16N6OS3. The van der Waals surface area contributed by atoms with Crippen molar-refractivity contribution in [3.8, 4) is 0 Å². The minimum absolute atomic E-state index is 0.0628. The zero-order valence-corrected chi connectivity index (χ0v) is 18.6. The molecule has 0 saturated heterocycles. The molecule has 0 aliphatic carbocycles. The Morgan fingerprint density at radius 1 is 1.03 bits per heavy atom. The smallest absolute Gasteiger partial charge is 0.234 e. The summed E-state index contributed by atoms with van der Waals surface area (Å²) in [5.74, 6) is 0.881. The predicted octanol–water partition coefficient (Wildman–Crippen LogP) is 4.92. The third kappa shape index (κ3) is 4.71. The molecule has 0 saturated carbocycles. The highest BCUT2D eigenvalue weighted by Gasteiger charge is 2.10. The first-order valence-electron chi connectivity index (χ1n) is 9.40. The fraction of sp³-hybridized carbons (Fsp3) is 0.0952. The number of carbonyl (C=O) groups excluding carboxylic acids is 1. The second-order valence-electron chi connectivity index (χ2n) is 6.52. The lowest BCUT2D eigenvalue weighted by molar-refractivity contribution is -0.113. The quantitative estimate of drug-likeness (QED) is 0.342. The summed E-state index contributed by atoms with van der Waals surface area (Å²) >= 11 is 4.63. The number of hydrogen-bond acceptors (Lipinski definition) is 8. The van der Waals surface area contributed by atoms with Crippen LogP contribution in [-0.2, 0) is 10.7 Å². The molecule has 1 N–H and O–H groups in total. The lowest BCUT2D eigenvalue weighted by Gasteiger charge is -2.04. The van der Waals surface area contributed by atoms with E-state index in [0.29, 0.717) is 11.6 Å². The van der Waals surface area contributed by atoms with Crippen LogP contribution >= 0.6 is 34.9 Å². The molecule has 7 nitrogen and oxygen atoms in total. The molecule has 0 unspecified atom stereocenters. The molecule has 0 bridgehead atoms. The Hall–Kier alpha value is -2.95. The van der Waals surface area contributed by atoms with Crippen molar-refractivity contribution >= 4 is 67.7 Å². The van der Waals surface area contributed by atoms with Gasteiger partial charge in [0, 0.05) is 11.9 Å². The van der Waals surface area contributed by atoms with E-state index in [4.69, 9.17) is 0 Å². The van der Waals surface area contributed by atoms with Crippen LogP contribution in [0.4, 0.5) is 5.69 Å². The normalized spacial score (nSPS) is 11.2. The monoisotopic (exact) mass is 464 g/mol. The third-order valence-electron chi connectivity index (χ3n) is 4.37. The SMILES string of the molecule is O=C(CSc1ccccn1)Nc1ccc2nc(SCn3nnc4ccccc43)sc2c1. The Balaban J connectivity index is 1.23. The molecule has 0 spiro atoms. The fourth-order valence-electron chi connectivity index (χ4n) is 2.94.